The summed E-state index contributed by atoms with van der Waals surface area (Å²) >= 11 is 0. The van der Waals surface area contributed by atoms with Crippen LogP contribution >= 0.6 is 0 Å². The first-order chi connectivity index (χ1) is 8.08. The van der Waals surface area contributed by atoms with E-state index in [9.17, 15) is 5.11 Å². The Kier molecular flexibility index (Phi) is 5.66. The van der Waals surface area contributed by atoms with Gasteiger partial charge in [0.15, 0.2) is 0 Å². The molecule has 17 heavy (non-hydrogen) atoms. The van der Waals surface area contributed by atoms with Gasteiger partial charge in [-0.15, -0.1) is 0 Å². The molecule has 0 saturated heterocycles. The van der Waals surface area contributed by atoms with Crippen molar-refractivity contribution in [2.75, 3.05) is 13.7 Å². The minimum absolute atomic E-state index is 0.356. The van der Waals surface area contributed by atoms with Gasteiger partial charge in [-0.3, -0.25) is 0 Å². The second-order valence-corrected chi connectivity index (χ2v) is 5.12. The molecule has 0 spiro atoms. The van der Waals surface area contributed by atoms with Gasteiger partial charge in [-0.1, -0.05) is 50.6 Å². The van der Waals surface area contributed by atoms with Crippen LogP contribution in [-0.2, 0) is 10.3 Å². The summed E-state index contributed by atoms with van der Waals surface area (Å²) in [6.45, 7) is 4.77. The molecule has 1 unspecified atom stereocenters. The van der Waals surface area contributed by atoms with E-state index >= 15 is 0 Å². The molecule has 0 radical (unpaired) electrons. The molecule has 0 heterocycles. The number of benzene rings is 1. The summed E-state index contributed by atoms with van der Waals surface area (Å²) in [5.74, 6) is 0.678. The van der Waals surface area contributed by atoms with Gasteiger partial charge in [-0.25, -0.2) is 0 Å². The van der Waals surface area contributed by atoms with E-state index < -0.39 is 5.60 Å². The van der Waals surface area contributed by atoms with Crippen molar-refractivity contribution in [3.05, 3.63) is 35.9 Å². The van der Waals surface area contributed by atoms with E-state index in [0.29, 0.717) is 12.5 Å². The molecule has 0 amide bonds. The minimum atomic E-state index is -0.842. The highest BCUT2D eigenvalue weighted by Crippen LogP contribution is 2.28. The number of hydrogen-bond acceptors (Lipinski definition) is 2. The maximum Gasteiger partial charge on any atom is 0.113 e. The normalized spacial score (nSPS) is 14.9. The Balaban J connectivity index is 2.68. The lowest BCUT2D eigenvalue weighted by Gasteiger charge is -2.28. The Labute approximate surface area is 105 Å². The average molecular weight is 236 g/mol. The molecule has 0 aliphatic rings. The van der Waals surface area contributed by atoms with Gasteiger partial charge in [0, 0.05) is 7.11 Å². The molecule has 0 saturated carbocycles. The van der Waals surface area contributed by atoms with Crippen LogP contribution in [0.25, 0.3) is 0 Å². The summed E-state index contributed by atoms with van der Waals surface area (Å²) in [4.78, 5) is 0. The SMILES string of the molecule is COCC(O)(CCCC(C)C)c1ccccc1. The topological polar surface area (TPSA) is 29.5 Å². The zero-order valence-corrected chi connectivity index (χ0v) is 11.1. The highest BCUT2D eigenvalue weighted by Gasteiger charge is 2.28. The third-order valence-corrected chi connectivity index (χ3v) is 3.07. The zero-order valence-electron chi connectivity index (χ0n) is 11.1. The van der Waals surface area contributed by atoms with Crippen molar-refractivity contribution in [2.24, 2.45) is 5.92 Å². The van der Waals surface area contributed by atoms with E-state index in [1.54, 1.807) is 7.11 Å². The highest BCUT2D eigenvalue weighted by molar-refractivity contribution is 5.22. The van der Waals surface area contributed by atoms with Gasteiger partial charge in [0.2, 0.25) is 0 Å². The van der Waals surface area contributed by atoms with Gasteiger partial charge in [0.1, 0.15) is 5.60 Å². The third-order valence-electron chi connectivity index (χ3n) is 3.07. The number of aliphatic hydroxyl groups is 1. The molecule has 1 rings (SSSR count). The van der Waals surface area contributed by atoms with Crippen molar-refractivity contribution < 1.29 is 9.84 Å². The molecule has 0 fully saturated rings. The molecule has 0 aliphatic carbocycles. The quantitative estimate of drug-likeness (QED) is 0.786. The predicted molar refractivity (Wildman–Crippen MR) is 70.9 cm³/mol. The van der Waals surface area contributed by atoms with Crippen molar-refractivity contribution in [3.63, 3.8) is 0 Å². The van der Waals surface area contributed by atoms with Gasteiger partial charge in [-0.05, 0) is 24.3 Å². The fourth-order valence-corrected chi connectivity index (χ4v) is 2.09. The van der Waals surface area contributed by atoms with Gasteiger partial charge in [0.25, 0.3) is 0 Å². The molecule has 1 atom stereocenters. The van der Waals surface area contributed by atoms with E-state index in [-0.39, 0.29) is 0 Å². The minimum Gasteiger partial charge on any atom is -0.383 e. The molecule has 2 nitrogen and oxygen atoms in total. The van der Waals surface area contributed by atoms with Gasteiger partial charge < -0.3 is 9.84 Å². The molecular formula is C15H24O2. The molecule has 1 aromatic rings. The number of hydrogen-bond donors (Lipinski definition) is 1. The molecule has 0 bridgehead atoms. The van der Waals surface area contributed by atoms with E-state index in [0.717, 1.165) is 24.8 Å². The molecule has 0 aliphatic heterocycles. The van der Waals surface area contributed by atoms with E-state index in [4.69, 9.17) is 4.74 Å². The summed E-state index contributed by atoms with van der Waals surface area (Å²) < 4.78 is 5.17. The Morgan fingerprint density at radius 3 is 2.41 bits per heavy atom. The average Bonchev–Trinajstić information content (AvgIpc) is 2.30. The maximum atomic E-state index is 10.7. The Morgan fingerprint density at radius 2 is 1.88 bits per heavy atom. The fourth-order valence-electron chi connectivity index (χ4n) is 2.09. The molecule has 1 N–H and O–H groups in total. The molecule has 0 aromatic heterocycles. The number of ether oxygens (including phenoxy) is 1. The van der Waals surface area contributed by atoms with Crippen molar-refractivity contribution in [1.82, 2.24) is 0 Å². The lowest BCUT2D eigenvalue weighted by atomic mass is 9.88. The van der Waals surface area contributed by atoms with Crippen LogP contribution in [0.5, 0.6) is 0 Å². The second-order valence-electron chi connectivity index (χ2n) is 5.12. The molecule has 2 heteroatoms. The van der Waals surface area contributed by atoms with Crippen LogP contribution in [-0.4, -0.2) is 18.8 Å². The lowest BCUT2D eigenvalue weighted by molar-refractivity contribution is -0.0441. The van der Waals surface area contributed by atoms with Crippen LogP contribution in [0.1, 0.15) is 38.7 Å². The van der Waals surface area contributed by atoms with Gasteiger partial charge in [0.05, 0.1) is 6.61 Å². The van der Waals surface area contributed by atoms with Crippen molar-refractivity contribution in [1.29, 1.82) is 0 Å². The van der Waals surface area contributed by atoms with E-state index in [1.165, 1.54) is 0 Å². The largest absolute Gasteiger partial charge is 0.383 e. The maximum absolute atomic E-state index is 10.7. The van der Waals surface area contributed by atoms with E-state index in [2.05, 4.69) is 13.8 Å². The number of methoxy groups -OCH3 is 1. The van der Waals surface area contributed by atoms with Gasteiger partial charge >= 0.3 is 0 Å². The summed E-state index contributed by atoms with van der Waals surface area (Å²) in [7, 11) is 1.64. The van der Waals surface area contributed by atoms with Crippen LogP contribution < -0.4 is 0 Å². The smallest absolute Gasteiger partial charge is 0.113 e. The molecular weight excluding hydrogens is 212 g/mol. The fraction of sp³-hybridized carbons (Fsp3) is 0.600. The third kappa shape index (κ3) is 4.49. The van der Waals surface area contributed by atoms with Crippen molar-refractivity contribution in [2.45, 2.75) is 38.7 Å². The first kappa shape index (κ1) is 14.2. The Morgan fingerprint density at radius 1 is 1.24 bits per heavy atom. The Bertz CT molecular complexity index is 308. The van der Waals surface area contributed by atoms with Gasteiger partial charge in [-0.2, -0.15) is 0 Å². The second kappa shape index (κ2) is 6.77. The van der Waals surface area contributed by atoms with Crippen LogP contribution in [0.3, 0.4) is 0 Å². The molecule has 1 aromatic carbocycles. The summed E-state index contributed by atoms with van der Waals surface area (Å²) in [6, 6.07) is 9.81. The predicted octanol–water partition coefficient (Wildman–Crippen LogP) is 3.35. The van der Waals surface area contributed by atoms with Crippen LogP contribution in [0.2, 0.25) is 0 Å². The summed E-state index contributed by atoms with van der Waals surface area (Å²) in [5, 5.41) is 10.7. The standard InChI is InChI=1S/C15H24O2/c1-13(2)8-7-11-15(16,12-17-3)14-9-5-4-6-10-14/h4-6,9-10,13,16H,7-8,11-12H2,1-3H3. The molecule has 96 valence electrons. The summed E-state index contributed by atoms with van der Waals surface area (Å²) in [5.41, 5.74) is 0.107. The van der Waals surface area contributed by atoms with Crippen molar-refractivity contribution >= 4 is 0 Å². The first-order valence-corrected chi connectivity index (χ1v) is 6.35. The Hall–Kier alpha value is -0.860. The first-order valence-electron chi connectivity index (χ1n) is 6.35. The van der Waals surface area contributed by atoms with Crippen molar-refractivity contribution in [3.8, 4) is 0 Å². The van der Waals surface area contributed by atoms with E-state index in [1.807, 2.05) is 30.3 Å². The zero-order chi connectivity index (χ0) is 12.7. The summed E-state index contributed by atoms with van der Waals surface area (Å²) in [6.07, 6.45) is 2.91. The highest BCUT2D eigenvalue weighted by atomic mass is 16.5. The van der Waals surface area contributed by atoms with Crippen LogP contribution in [0.15, 0.2) is 30.3 Å². The number of rotatable bonds is 7. The lowest BCUT2D eigenvalue weighted by Crippen LogP contribution is -2.31. The monoisotopic (exact) mass is 236 g/mol. The van der Waals surface area contributed by atoms with Crippen LogP contribution in [0.4, 0.5) is 0 Å². The van der Waals surface area contributed by atoms with Crippen LogP contribution in [0, 0.1) is 5.92 Å².